The van der Waals surface area contributed by atoms with Gasteiger partial charge in [-0.1, -0.05) is 18.6 Å². The highest BCUT2D eigenvalue weighted by atomic mass is 16.5. The maximum atomic E-state index is 13.3. The molecular formula is C24H29N5O2. The van der Waals surface area contributed by atoms with Crippen molar-refractivity contribution >= 4 is 17.4 Å². The van der Waals surface area contributed by atoms with Crippen molar-refractivity contribution in [3.05, 3.63) is 65.2 Å². The number of anilines is 2. The average Bonchev–Trinajstić information content (AvgIpc) is 2.99. The summed E-state index contributed by atoms with van der Waals surface area (Å²) in [4.78, 5) is 19.8. The first-order valence-electron chi connectivity index (χ1n) is 10.8. The monoisotopic (exact) mass is 419 g/mol. The van der Waals surface area contributed by atoms with Gasteiger partial charge < -0.3 is 10.1 Å². The summed E-state index contributed by atoms with van der Waals surface area (Å²) in [5.74, 6) is 2.37. The van der Waals surface area contributed by atoms with E-state index >= 15 is 0 Å². The lowest BCUT2D eigenvalue weighted by molar-refractivity contribution is 0.256. The van der Waals surface area contributed by atoms with Gasteiger partial charge in [0.2, 0.25) is 0 Å². The SMILES string of the molecule is COc1cccc(NC(=O)N(Cc2nc3n(n2)CCCCC3)c2cc(C)cc(C)c2)c1. The first-order valence-corrected chi connectivity index (χ1v) is 10.8. The number of hydrogen-bond acceptors (Lipinski definition) is 4. The minimum absolute atomic E-state index is 0.233. The number of rotatable bonds is 5. The van der Waals surface area contributed by atoms with Crippen molar-refractivity contribution in [1.29, 1.82) is 0 Å². The number of nitrogens with one attached hydrogen (secondary N) is 1. The molecule has 1 N–H and O–H groups in total. The van der Waals surface area contributed by atoms with Gasteiger partial charge in [-0.15, -0.1) is 0 Å². The van der Waals surface area contributed by atoms with Crippen LogP contribution >= 0.6 is 0 Å². The summed E-state index contributed by atoms with van der Waals surface area (Å²) in [6.07, 6.45) is 4.40. The predicted molar refractivity (Wildman–Crippen MR) is 122 cm³/mol. The highest BCUT2D eigenvalue weighted by Gasteiger charge is 2.21. The number of ether oxygens (including phenoxy) is 1. The molecule has 0 spiro atoms. The molecule has 1 aromatic heterocycles. The van der Waals surface area contributed by atoms with Crippen LogP contribution in [0.5, 0.6) is 5.75 Å². The summed E-state index contributed by atoms with van der Waals surface area (Å²) in [5, 5.41) is 7.69. The van der Waals surface area contributed by atoms with Gasteiger partial charge in [-0.25, -0.2) is 14.5 Å². The number of nitrogens with zero attached hydrogens (tertiary/aromatic N) is 4. The summed E-state index contributed by atoms with van der Waals surface area (Å²) in [5.41, 5.74) is 3.70. The van der Waals surface area contributed by atoms with Crippen molar-refractivity contribution in [1.82, 2.24) is 14.8 Å². The number of aromatic nitrogens is 3. The van der Waals surface area contributed by atoms with E-state index in [9.17, 15) is 4.79 Å². The Morgan fingerprint density at radius 3 is 2.71 bits per heavy atom. The third-order valence-electron chi connectivity index (χ3n) is 5.45. The summed E-state index contributed by atoms with van der Waals surface area (Å²) >= 11 is 0. The van der Waals surface area contributed by atoms with Gasteiger partial charge >= 0.3 is 6.03 Å². The molecule has 0 aliphatic carbocycles. The number of carbonyl (C=O) groups is 1. The molecule has 0 saturated carbocycles. The molecule has 0 atom stereocenters. The molecule has 7 heteroatoms. The second-order valence-electron chi connectivity index (χ2n) is 8.07. The third-order valence-corrected chi connectivity index (χ3v) is 5.45. The maximum Gasteiger partial charge on any atom is 0.326 e. The van der Waals surface area contributed by atoms with E-state index in [0.29, 0.717) is 23.8 Å². The van der Waals surface area contributed by atoms with Crippen LogP contribution in [-0.4, -0.2) is 27.9 Å². The van der Waals surface area contributed by atoms with Gasteiger partial charge in [0.1, 0.15) is 11.6 Å². The van der Waals surface area contributed by atoms with Crippen molar-refractivity contribution in [3.8, 4) is 5.75 Å². The van der Waals surface area contributed by atoms with E-state index in [0.717, 1.165) is 48.4 Å². The molecule has 1 aliphatic heterocycles. The fourth-order valence-electron chi connectivity index (χ4n) is 4.00. The minimum atomic E-state index is -0.233. The first-order chi connectivity index (χ1) is 15.0. The van der Waals surface area contributed by atoms with Gasteiger partial charge in [0, 0.05) is 30.4 Å². The molecule has 2 aromatic carbocycles. The Morgan fingerprint density at radius 2 is 1.94 bits per heavy atom. The molecule has 2 amide bonds. The highest BCUT2D eigenvalue weighted by molar-refractivity contribution is 6.01. The molecule has 162 valence electrons. The smallest absolute Gasteiger partial charge is 0.326 e. The predicted octanol–water partition coefficient (Wildman–Crippen LogP) is 4.87. The number of methoxy groups -OCH3 is 1. The van der Waals surface area contributed by atoms with Crippen LogP contribution in [-0.2, 0) is 19.5 Å². The molecular weight excluding hydrogens is 390 g/mol. The van der Waals surface area contributed by atoms with Crippen LogP contribution < -0.4 is 15.0 Å². The third kappa shape index (κ3) is 5.05. The molecule has 1 aliphatic rings. The van der Waals surface area contributed by atoms with Crippen LogP contribution in [0, 0.1) is 13.8 Å². The number of urea groups is 1. The quantitative estimate of drug-likeness (QED) is 0.640. The molecule has 0 fully saturated rings. The van der Waals surface area contributed by atoms with Gasteiger partial charge in [-0.3, -0.25) is 4.90 Å². The van der Waals surface area contributed by atoms with Gasteiger partial charge in [0.15, 0.2) is 5.82 Å². The molecule has 2 heterocycles. The highest BCUT2D eigenvalue weighted by Crippen LogP contribution is 2.24. The van der Waals surface area contributed by atoms with Crippen LogP contribution in [0.1, 0.15) is 42.0 Å². The Balaban J connectivity index is 1.63. The van der Waals surface area contributed by atoms with Gasteiger partial charge in [-0.2, -0.15) is 5.10 Å². The lowest BCUT2D eigenvalue weighted by atomic mass is 10.1. The Bertz CT molecular complexity index is 1030. The lowest BCUT2D eigenvalue weighted by Crippen LogP contribution is -2.35. The van der Waals surface area contributed by atoms with E-state index in [1.165, 1.54) is 6.42 Å². The van der Waals surface area contributed by atoms with Crippen LogP contribution in [0.25, 0.3) is 0 Å². The lowest BCUT2D eigenvalue weighted by Gasteiger charge is -2.23. The first kappa shape index (κ1) is 20.9. The van der Waals surface area contributed by atoms with Crippen molar-refractivity contribution < 1.29 is 9.53 Å². The van der Waals surface area contributed by atoms with E-state index < -0.39 is 0 Å². The van der Waals surface area contributed by atoms with Crippen LogP contribution in [0.2, 0.25) is 0 Å². The summed E-state index contributed by atoms with van der Waals surface area (Å²) < 4.78 is 7.28. The summed E-state index contributed by atoms with van der Waals surface area (Å²) in [6, 6.07) is 13.2. The zero-order chi connectivity index (χ0) is 21.8. The fourth-order valence-corrected chi connectivity index (χ4v) is 4.00. The van der Waals surface area contributed by atoms with Crippen molar-refractivity contribution in [2.24, 2.45) is 0 Å². The van der Waals surface area contributed by atoms with Crippen molar-refractivity contribution in [2.75, 3.05) is 17.3 Å². The minimum Gasteiger partial charge on any atom is -0.497 e. The van der Waals surface area contributed by atoms with Gasteiger partial charge in [0.05, 0.1) is 13.7 Å². The number of fused-ring (bicyclic) bond motifs is 1. The standard InChI is InChI=1S/C24H29N5O2/c1-17-12-18(2)14-20(13-17)28(24(30)25-19-8-7-9-21(15-19)31-3)16-22-26-23-10-5-4-6-11-29(23)27-22/h7-9,12-15H,4-6,10-11,16H2,1-3H3,(H,25,30). The van der Waals surface area contributed by atoms with E-state index in [1.54, 1.807) is 18.1 Å². The second-order valence-corrected chi connectivity index (χ2v) is 8.07. The van der Waals surface area contributed by atoms with E-state index in [4.69, 9.17) is 14.8 Å². The number of carbonyl (C=O) groups excluding carboxylic acids is 1. The molecule has 0 saturated heterocycles. The molecule has 7 nitrogen and oxygen atoms in total. The van der Waals surface area contributed by atoms with Gasteiger partial charge in [0.25, 0.3) is 0 Å². The number of benzene rings is 2. The number of amides is 2. The molecule has 0 unspecified atom stereocenters. The average molecular weight is 420 g/mol. The molecule has 3 aromatic rings. The van der Waals surface area contributed by atoms with Crippen LogP contribution in [0.4, 0.5) is 16.2 Å². The molecule has 0 radical (unpaired) electrons. The van der Waals surface area contributed by atoms with E-state index in [-0.39, 0.29) is 6.03 Å². The molecule has 4 rings (SSSR count). The number of aryl methyl sites for hydroxylation is 4. The van der Waals surface area contributed by atoms with Crippen LogP contribution in [0.3, 0.4) is 0 Å². The molecule has 0 bridgehead atoms. The Kier molecular flexibility index (Phi) is 6.21. The van der Waals surface area contributed by atoms with Crippen molar-refractivity contribution in [3.63, 3.8) is 0 Å². The second kappa shape index (κ2) is 9.20. The van der Waals surface area contributed by atoms with Crippen molar-refractivity contribution in [2.45, 2.75) is 52.6 Å². The van der Waals surface area contributed by atoms with Crippen LogP contribution in [0.15, 0.2) is 42.5 Å². The van der Waals surface area contributed by atoms with E-state index in [2.05, 4.69) is 11.4 Å². The largest absolute Gasteiger partial charge is 0.497 e. The Morgan fingerprint density at radius 1 is 1.13 bits per heavy atom. The zero-order valence-electron chi connectivity index (χ0n) is 18.4. The maximum absolute atomic E-state index is 13.3. The number of hydrogen-bond donors (Lipinski definition) is 1. The Labute approximate surface area is 183 Å². The topological polar surface area (TPSA) is 72.3 Å². The van der Waals surface area contributed by atoms with E-state index in [1.807, 2.05) is 48.9 Å². The van der Waals surface area contributed by atoms with Gasteiger partial charge in [-0.05, 0) is 62.1 Å². The normalized spacial score (nSPS) is 13.3. The summed E-state index contributed by atoms with van der Waals surface area (Å²) in [7, 11) is 1.61. The Hall–Kier alpha value is -3.35. The summed E-state index contributed by atoms with van der Waals surface area (Å²) in [6.45, 7) is 5.26. The fraction of sp³-hybridized carbons (Fsp3) is 0.375. The zero-order valence-corrected chi connectivity index (χ0v) is 18.4. The molecule has 31 heavy (non-hydrogen) atoms.